The van der Waals surface area contributed by atoms with E-state index >= 15 is 0 Å². The Labute approximate surface area is 107 Å². The van der Waals surface area contributed by atoms with Gasteiger partial charge in [0.2, 0.25) is 0 Å². The largest absolute Gasteiger partial charge is 0.427 e. The zero-order chi connectivity index (χ0) is 13.3. The number of aliphatic hydroxyl groups is 1. The van der Waals surface area contributed by atoms with Crippen LogP contribution in [0.2, 0.25) is 5.02 Å². The molecule has 0 aliphatic carbocycles. The first kappa shape index (κ1) is 14.5. The van der Waals surface area contributed by atoms with Gasteiger partial charge in [-0.25, -0.2) is 4.39 Å². The van der Waals surface area contributed by atoms with Gasteiger partial charge in [-0.2, -0.15) is 0 Å². The lowest BCUT2D eigenvalue weighted by Gasteiger charge is -2.37. The minimum atomic E-state index is -1.02. The molecule has 0 saturated heterocycles. The second-order valence-corrected chi connectivity index (χ2v) is 5.47. The Balaban J connectivity index is 2.81. The minimum Gasteiger partial charge on any atom is -0.427 e. The van der Waals surface area contributed by atoms with E-state index in [1.807, 2.05) is 0 Å². The maximum atomic E-state index is 13.5. The van der Waals surface area contributed by atoms with Gasteiger partial charge in [0.25, 0.3) is 0 Å². The molecule has 2 nitrogen and oxygen atoms in total. The highest BCUT2D eigenvalue weighted by atomic mass is 35.5. The summed E-state index contributed by atoms with van der Waals surface area (Å²) in [7, 11) is 0.0303. The van der Waals surface area contributed by atoms with E-state index in [0.717, 1.165) is 0 Å². The summed E-state index contributed by atoms with van der Waals surface area (Å²) >= 11 is 5.89. The Kier molecular flexibility index (Phi) is 4.23. The summed E-state index contributed by atoms with van der Waals surface area (Å²) in [5.74, 6) is -0.399. The van der Waals surface area contributed by atoms with Crippen molar-refractivity contribution < 1.29 is 14.2 Å². The fourth-order valence-corrected chi connectivity index (χ4v) is 1.32. The first-order valence-corrected chi connectivity index (χ1v) is 5.82. The van der Waals surface area contributed by atoms with Crippen molar-refractivity contribution in [3.05, 3.63) is 29.0 Å². The molecule has 0 unspecified atom stereocenters. The van der Waals surface area contributed by atoms with E-state index < -0.39 is 17.0 Å². The third-order valence-electron chi connectivity index (χ3n) is 3.11. The summed E-state index contributed by atoms with van der Waals surface area (Å²) in [5.41, 5.74) is -1.50. The van der Waals surface area contributed by atoms with E-state index in [-0.39, 0.29) is 7.48 Å². The highest BCUT2D eigenvalue weighted by Crippen LogP contribution is 2.24. The van der Waals surface area contributed by atoms with Gasteiger partial charge in [0, 0.05) is 10.5 Å². The molecule has 0 atom stereocenters. The minimum absolute atomic E-state index is 0.0303. The van der Waals surface area contributed by atoms with Crippen LogP contribution in [-0.4, -0.2) is 23.8 Å². The lowest BCUT2D eigenvalue weighted by molar-refractivity contribution is -0.0893. The normalized spacial score (nSPS) is 12.6. The third-order valence-corrected chi connectivity index (χ3v) is 3.47. The van der Waals surface area contributed by atoms with Crippen molar-refractivity contribution in [2.24, 2.45) is 0 Å². The van der Waals surface area contributed by atoms with Crippen molar-refractivity contribution in [2.45, 2.75) is 38.9 Å². The number of halogens is 2. The van der Waals surface area contributed by atoms with Gasteiger partial charge in [0.15, 0.2) is 0 Å². The van der Waals surface area contributed by atoms with Crippen LogP contribution < -0.4 is 5.46 Å². The van der Waals surface area contributed by atoms with Gasteiger partial charge >= 0.3 is 7.48 Å². The van der Waals surface area contributed by atoms with Gasteiger partial charge in [0.1, 0.15) is 5.82 Å². The Hall–Kier alpha value is -0.575. The summed E-state index contributed by atoms with van der Waals surface area (Å²) in [6.07, 6.45) is 0. The van der Waals surface area contributed by atoms with Crippen LogP contribution >= 0.6 is 11.6 Å². The first-order chi connectivity index (χ1) is 7.65. The second kappa shape index (κ2) is 4.97. The van der Waals surface area contributed by atoms with E-state index in [1.165, 1.54) is 6.07 Å². The van der Waals surface area contributed by atoms with Crippen LogP contribution in [0.15, 0.2) is 18.2 Å². The molecule has 5 heteroatoms. The molecule has 0 heterocycles. The maximum absolute atomic E-state index is 13.5. The molecule has 94 valence electrons. The summed E-state index contributed by atoms with van der Waals surface area (Å²) in [6.45, 7) is 6.80. The van der Waals surface area contributed by atoms with Crippen LogP contribution in [0, 0.1) is 5.82 Å². The molecular weight excluding hydrogens is 241 g/mol. The van der Waals surface area contributed by atoms with E-state index in [9.17, 15) is 9.50 Å². The molecule has 0 bridgehead atoms. The van der Waals surface area contributed by atoms with E-state index in [4.69, 9.17) is 16.3 Å². The molecule has 0 saturated carbocycles. The number of rotatable bonds is 4. The molecule has 17 heavy (non-hydrogen) atoms. The molecule has 0 aliphatic rings. The summed E-state index contributed by atoms with van der Waals surface area (Å²) in [6, 6.07) is 4.49. The standard InChI is InChI=1S/C12H17BClFO2/c1-11(2,16)12(3,4)17-13-10-8(14)6-5-7-9(10)15/h5-7,13,16H,1-4H3. The monoisotopic (exact) mass is 258 g/mol. The summed E-state index contributed by atoms with van der Waals surface area (Å²) < 4.78 is 19.1. The Morgan fingerprint density at radius 3 is 2.35 bits per heavy atom. The van der Waals surface area contributed by atoms with Crippen molar-refractivity contribution in [1.82, 2.24) is 0 Å². The highest BCUT2D eigenvalue weighted by Gasteiger charge is 2.36. The summed E-state index contributed by atoms with van der Waals surface area (Å²) in [5, 5.41) is 10.2. The molecule has 0 radical (unpaired) electrons. The third kappa shape index (κ3) is 3.44. The second-order valence-electron chi connectivity index (χ2n) is 5.06. The van der Waals surface area contributed by atoms with Crippen LogP contribution in [0.25, 0.3) is 0 Å². The fraction of sp³-hybridized carbons (Fsp3) is 0.500. The Bertz CT molecular complexity index is 382. The molecule has 1 N–H and O–H groups in total. The Morgan fingerprint density at radius 1 is 1.29 bits per heavy atom. The molecule has 0 spiro atoms. The van der Waals surface area contributed by atoms with Gasteiger partial charge in [-0.3, -0.25) is 0 Å². The zero-order valence-corrected chi connectivity index (χ0v) is 11.3. The Morgan fingerprint density at radius 2 is 1.88 bits per heavy atom. The van der Waals surface area contributed by atoms with Crippen LogP contribution in [0.5, 0.6) is 0 Å². The van der Waals surface area contributed by atoms with Crippen molar-refractivity contribution >= 4 is 24.5 Å². The van der Waals surface area contributed by atoms with E-state index in [0.29, 0.717) is 10.5 Å². The molecule has 0 amide bonds. The van der Waals surface area contributed by atoms with Crippen LogP contribution in [0.4, 0.5) is 4.39 Å². The highest BCUT2D eigenvalue weighted by molar-refractivity contribution is 6.53. The average Bonchev–Trinajstić information content (AvgIpc) is 2.15. The van der Waals surface area contributed by atoms with Crippen LogP contribution in [0.1, 0.15) is 27.7 Å². The molecule has 0 aliphatic heterocycles. The van der Waals surface area contributed by atoms with E-state index in [1.54, 1.807) is 39.8 Å². The average molecular weight is 259 g/mol. The van der Waals surface area contributed by atoms with Crippen molar-refractivity contribution in [3.63, 3.8) is 0 Å². The molecule has 0 aromatic heterocycles. The van der Waals surface area contributed by atoms with Crippen molar-refractivity contribution in [1.29, 1.82) is 0 Å². The van der Waals surface area contributed by atoms with Crippen molar-refractivity contribution in [3.8, 4) is 0 Å². The summed E-state index contributed by atoms with van der Waals surface area (Å²) in [4.78, 5) is 0. The fourth-order valence-electron chi connectivity index (χ4n) is 1.10. The predicted octanol–water partition coefficient (Wildman–Crippen LogP) is 2.02. The first-order valence-electron chi connectivity index (χ1n) is 5.44. The van der Waals surface area contributed by atoms with Gasteiger partial charge in [-0.15, -0.1) is 0 Å². The molecule has 1 aromatic rings. The van der Waals surface area contributed by atoms with E-state index in [2.05, 4.69) is 0 Å². The number of benzene rings is 1. The molecule has 1 aromatic carbocycles. The van der Waals surface area contributed by atoms with Crippen LogP contribution in [0.3, 0.4) is 0 Å². The van der Waals surface area contributed by atoms with Gasteiger partial charge < -0.3 is 9.76 Å². The lowest BCUT2D eigenvalue weighted by Crippen LogP contribution is -2.49. The van der Waals surface area contributed by atoms with Gasteiger partial charge in [-0.1, -0.05) is 17.7 Å². The number of hydrogen-bond acceptors (Lipinski definition) is 2. The SMILES string of the molecule is CC(C)(O)C(C)(C)OBc1c(F)cccc1Cl. The van der Waals surface area contributed by atoms with Crippen molar-refractivity contribution in [2.75, 3.05) is 0 Å². The zero-order valence-electron chi connectivity index (χ0n) is 10.6. The molecular formula is C12H17BClFO2. The maximum Gasteiger partial charge on any atom is 0.313 e. The topological polar surface area (TPSA) is 29.5 Å². The van der Waals surface area contributed by atoms with Gasteiger partial charge in [-0.05, 0) is 39.8 Å². The number of hydrogen-bond donors (Lipinski definition) is 1. The van der Waals surface area contributed by atoms with Gasteiger partial charge in [0.05, 0.1) is 11.2 Å². The smallest absolute Gasteiger partial charge is 0.313 e. The predicted molar refractivity (Wildman–Crippen MR) is 69.7 cm³/mol. The quantitative estimate of drug-likeness (QED) is 0.838. The van der Waals surface area contributed by atoms with Crippen LogP contribution in [-0.2, 0) is 4.65 Å². The molecule has 1 rings (SSSR count). The molecule has 0 fully saturated rings. The lowest BCUT2D eigenvalue weighted by atomic mass is 9.82.